The monoisotopic (exact) mass is 570 g/mol. The molecule has 3 atom stereocenters. The molecular formula is C25H34N10O4S. The third-order valence-corrected chi connectivity index (χ3v) is 7.56. The minimum Gasteiger partial charge on any atom is -0.495 e. The Hall–Kier alpha value is -4.24. The molecule has 1 unspecified atom stereocenters. The standard InChI is InChI=1S/C25H34N10O4S/c1-29-21(36)16(5-3-4-8-30-25(27)28)32-22(37)18-13-40-23(33-18)19-9-14(26)10-35(19)24(38)17-12-34-11-15(39-2)6-7-20(34)31-17/h6-7,11-14,16,19H,3-5,8-10,26H2,1-2H3,(H,29,36)(H,32,37)(H4,27,28,30)/t14-,16?,19+/m1/s1. The van der Waals surface area contributed by atoms with Crippen LogP contribution in [0.1, 0.15) is 57.7 Å². The van der Waals surface area contributed by atoms with Crippen LogP contribution in [0.4, 0.5) is 0 Å². The van der Waals surface area contributed by atoms with E-state index in [-0.39, 0.29) is 35.2 Å². The molecule has 0 saturated carbocycles. The molecule has 4 rings (SSSR count). The number of rotatable bonds is 11. The minimum atomic E-state index is -0.744. The van der Waals surface area contributed by atoms with Crippen molar-refractivity contribution in [1.82, 2.24) is 35.2 Å². The third kappa shape index (κ3) is 6.66. The van der Waals surface area contributed by atoms with Gasteiger partial charge in [-0.15, -0.1) is 11.3 Å². The number of imidazole rings is 1. The van der Waals surface area contributed by atoms with Gasteiger partial charge in [0.1, 0.15) is 33.8 Å². The van der Waals surface area contributed by atoms with Gasteiger partial charge in [-0.1, -0.05) is 0 Å². The average molecular weight is 571 g/mol. The molecule has 4 heterocycles. The van der Waals surface area contributed by atoms with Crippen LogP contribution in [-0.4, -0.2) is 82.3 Å². The van der Waals surface area contributed by atoms with Gasteiger partial charge in [0.25, 0.3) is 11.8 Å². The number of thiazole rings is 1. The number of hydrogen-bond donors (Lipinski definition) is 6. The Balaban J connectivity index is 1.44. The van der Waals surface area contributed by atoms with Crippen LogP contribution < -0.4 is 32.2 Å². The molecule has 0 radical (unpaired) electrons. The van der Waals surface area contributed by atoms with Gasteiger partial charge >= 0.3 is 0 Å². The third-order valence-electron chi connectivity index (χ3n) is 6.62. The first-order valence-electron chi connectivity index (χ1n) is 12.8. The fourth-order valence-electron chi connectivity index (χ4n) is 4.59. The van der Waals surface area contributed by atoms with Crippen LogP contribution in [0.5, 0.6) is 5.75 Å². The molecule has 0 spiro atoms. The number of nitrogens with two attached hydrogens (primary N) is 2. The van der Waals surface area contributed by atoms with Gasteiger partial charge in [-0.05, 0) is 37.8 Å². The van der Waals surface area contributed by atoms with Gasteiger partial charge < -0.3 is 41.5 Å². The summed E-state index contributed by atoms with van der Waals surface area (Å²) >= 11 is 1.27. The highest BCUT2D eigenvalue weighted by atomic mass is 32.1. The molecule has 0 bridgehead atoms. The normalized spacial score (nSPS) is 17.4. The van der Waals surface area contributed by atoms with Crippen LogP contribution >= 0.6 is 11.3 Å². The zero-order valence-electron chi connectivity index (χ0n) is 22.3. The molecule has 15 heteroatoms. The number of pyridine rings is 1. The smallest absolute Gasteiger partial charge is 0.274 e. The lowest BCUT2D eigenvalue weighted by Gasteiger charge is -2.22. The van der Waals surface area contributed by atoms with Gasteiger partial charge in [-0.2, -0.15) is 0 Å². The minimum absolute atomic E-state index is 0.113. The Morgan fingerprint density at radius 2 is 2.02 bits per heavy atom. The Morgan fingerprint density at radius 1 is 1.23 bits per heavy atom. The number of nitrogens with one attached hydrogen (secondary N) is 4. The topological polar surface area (TPSA) is 206 Å². The largest absolute Gasteiger partial charge is 0.495 e. The molecule has 3 aromatic rings. The number of ether oxygens (including phenoxy) is 1. The number of aromatic nitrogens is 3. The molecule has 1 fully saturated rings. The lowest BCUT2D eigenvalue weighted by atomic mass is 10.1. The first-order valence-corrected chi connectivity index (χ1v) is 13.7. The van der Waals surface area contributed by atoms with Gasteiger partial charge in [0.05, 0.1) is 19.3 Å². The summed E-state index contributed by atoms with van der Waals surface area (Å²) in [5.41, 5.74) is 12.6. The van der Waals surface area contributed by atoms with Crippen LogP contribution in [0.3, 0.4) is 0 Å². The Labute approximate surface area is 235 Å². The fourth-order valence-corrected chi connectivity index (χ4v) is 5.51. The summed E-state index contributed by atoms with van der Waals surface area (Å²) in [5, 5.41) is 17.4. The number of nitrogens with zero attached hydrogens (tertiary/aromatic N) is 4. The van der Waals surface area contributed by atoms with E-state index in [2.05, 4.69) is 25.9 Å². The molecule has 1 saturated heterocycles. The van der Waals surface area contributed by atoms with Crippen molar-refractivity contribution < 1.29 is 19.1 Å². The number of amides is 3. The first-order chi connectivity index (χ1) is 19.2. The fraction of sp³-hybridized carbons (Fsp3) is 0.440. The van der Waals surface area contributed by atoms with Gasteiger partial charge in [0.15, 0.2) is 5.96 Å². The highest BCUT2D eigenvalue weighted by molar-refractivity contribution is 7.09. The quantitative estimate of drug-likeness (QED) is 0.106. The maximum atomic E-state index is 13.5. The Morgan fingerprint density at radius 3 is 2.75 bits per heavy atom. The van der Waals surface area contributed by atoms with Crippen molar-refractivity contribution in [2.24, 2.45) is 11.5 Å². The molecular weight excluding hydrogens is 536 g/mol. The van der Waals surface area contributed by atoms with Gasteiger partial charge in [-0.3, -0.25) is 19.8 Å². The zero-order valence-corrected chi connectivity index (χ0v) is 23.2. The van der Waals surface area contributed by atoms with E-state index in [1.807, 2.05) is 0 Å². The van der Waals surface area contributed by atoms with Crippen LogP contribution in [0.25, 0.3) is 5.65 Å². The second-order valence-corrected chi connectivity index (χ2v) is 10.4. The number of carbonyl (C=O) groups is 3. The second-order valence-electron chi connectivity index (χ2n) is 9.48. The van der Waals surface area contributed by atoms with Crippen molar-refractivity contribution in [2.75, 3.05) is 27.2 Å². The summed E-state index contributed by atoms with van der Waals surface area (Å²) in [7, 11) is 3.08. The van der Waals surface area contributed by atoms with E-state index in [9.17, 15) is 14.4 Å². The summed E-state index contributed by atoms with van der Waals surface area (Å²) in [6, 6.07) is 2.14. The molecule has 8 N–H and O–H groups in total. The van der Waals surface area contributed by atoms with E-state index in [0.29, 0.717) is 55.2 Å². The SMILES string of the molecule is CNC(=O)C(CCCCNC(=N)N)NC(=O)c1csc([C@@H]2C[C@@H](N)CN2C(=O)c2cn3cc(OC)ccc3n2)n1. The van der Waals surface area contributed by atoms with E-state index in [0.717, 1.165) is 0 Å². The van der Waals surface area contributed by atoms with Crippen LogP contribution in [-0.2, 0) is 4.79 Å². The van der Waals surface area contributed by atoms with Crippen molar-refractivity contribution in [1.29, 1.82) is 5.41 Å². The highest BCUT2D eigenvalue weighted by Gasteiger charge is 2.38. The van der Waals surface area contributed by atoms with E-state index in [1.54, 1.807) is 46.3 Å². The van der Waals surface area contributed by atoms with E-state index in [4.69, 9.17) is 21.6 Å². The predicted molar refractivity (Wildman–Crippen MR) is 149 cm³/mol. The van der Waals surface area contributed by atoms with E-state index < -0.39 is 18.0 Å². The number of methoxy groups -OCH3 is 1. The number of hydrogen-bond acceptors (Lipinski definition) is 9. The van der Waals surface area contributed by atoms with Gasteiger partial charge in [0.2, 0.25) is 5.91 Å². The Kier molecular flexibility index (Phi) is 9.16. The summed E-state index contributed by atoms with van der Waals surface area (Å²) in [6.07, 6.45) is 5.61. The molecule has 1 aliphatic rings. The van der Waals surface area contributed by atoms with Gasteiger partial charge in [-0.25, -0.2) is 9.97 Å². The molecule has 214 valence electrons. The van der Waals surface area contributed by atoms with Crippen LogP contribution in [0.15, 0.2) is 29.9 Å². The summed E-state index contributed by atoms with van der Waals surface area (Å²) in [4.78, 5) is 49.5. The number of likely N-dealkylation sites (tertiary alicyclic amines) is 1. The molecule has 3 amide bonds. The van der Waals surface area contributed by atoms with E-state index in [1.165, 1.54) is 18.4 Å². The predicted octanol–water partition coefficient (Wildman–Crippen LogP) is 0.212. The molecule has 0 aromatic carbocycles. The molecule has 40 heavy (non-hydrogen) atoms. The van der Waals surface area contributed by atoms with E-state index >= 15 is 0 Å². The van der Waals surface area contributed by atoms with Crippen molar-refractivity contribution in [3.8, 4) is 5.75 Å². The molecule has 0 aliphatic carbocycles. The summed E-state index contributed by atoms with van der Waals surface area (Å²) in [6.45, 7) is 0.833. The average Bonchev–Trinajstić information content (AvgIpc) is 3.68. The molecule has 1 aliphatic heterocycles. The highest BCUT2D eigenvalue weighted by Crippen LogP contribution is 2.34. The van der Waals surface area contributed by atoms with Crippen molar-refractivity contribution in [3.63, 3.8) is 0 Å². The molecule has 3 aromatic heterocycles. The number of likely N-dealkylation sites (N-methyl/N-ethyl adjacent to an activating group) is 1. The van der Waals surface area contributed by atoms with Gasteiger partial charge in [0, 0.05) is 37.8 Å². The maximum Gasteiger partial charge on any atom is 0.274 e. The molecule has 14 nitrogen and oxygen atoms in total. The number of unbranched alkanes of at least 4 members (excludes halogenated alkanes) is 1. The van der Waals surface area contributed by atoms with Crippen molar-refractivity contribution in [2.45, 2.75) is 43.8 Å². The second kappa shape index (κ2) is 12.7. The van der Waals surface area contributed by atoms with Crippen molar-refractivity contribution in [3.05, 3.63) is 46.3 Å². The zero-order chi connectivity index (χ0) is 28.8. The number of guanidine groups is 1. The number of carbonyl (C=O) groups excluding carboxylic acids is 3. The lowest BCUT2D eigenvalue weighted by molar-refractivity contribution is -0.122. The summed E-state index contributed by atoms with van der Waals surface area (Å²) in [5.74, 6) is -0.541. The van der Waals surface area contributed by atoms with Crippen molar-refractivity contribution >= 4 is 40.7 Å². The first kappa shape index (κ1) is 28.8. The van der Waals surface area contributed by atoms with Crippen LogP contribution in [0, 0.1) is 5.41 Å². The number of fused-ring (bicyclic) bond motifs is 1. The summed E-state index contributed by atoms with van der Waals surface area (Å²) < 4.78 is 6.97. The lowest BCUT2D eigenvalue weighted by Crippen LogP contribution is -2.45. The van der Waals surface area contributed by atoms with Crippen LogP contribution in [0.2, 0.25) is 0 Å². The maximum absolute atomic E-state index is 13.5. The Bertz CT molecular complexity index is 1390.